The fourth-order valence-electron chi connectivity index (χ4n) is 7.62. The summed E-state index contributed by atoms with van der Waals surface area (Å²) in [4.78, 5) is 18.7. The van der Waals surface area contributed by atoms with Gasteiger partial charge in [-0.15, -0.1) is 0 Å². The van der Waals surface area contributed by atoms with E-state index in [0.717, 1.165) is 84.6 Å². The number of nitrogens with zero attached hydrogens (tertiary/aromatic N) is 3. The maximum absolute atomic E-state index is 14.0. The summed E-state index contributed by atoms with van der Waals surface area (Å²) in [6, 6.07) is 5.30. The molecule has 3 aromatic rings. The van der Waals surface area contributed by atoms with E-state index in [0.29, 0.717) is 24.5 Å². The Labute approximate surface area is 246 Å². The molecule has 3 saturated carbocycles. The molecule has 3 heterocycles. The molecule has 4 aliphatic rings. The summed E-state index contributed by atoms with van der Waals surface area (Å²) in [5.41, 5.74) is 2.30. The molecule has 7 nitrogen and oxygen atoms in total. The Bertz CT molecular complexity index is 1450. The van der Waals surface area contributed by atoms with Crippen LogP contribution in [0.5, 0.6) is 0 Å². The number of rotatable bonds is 7. The van der Waals surface area contributed by atoms with E-state index in [4.69, 9.17) is 14.2 Å². The van der Waals surface area contributed by atoms with E-state index >= 15 is 0 Å². The van der Waals surface area contributed by atoms with Gasteiger partial charge in [0.15, 0.2) is 5.13 Å². The quantitative estimate of drug-likeness (QED) is 0.292. The van der Waals surface area contributed by atoms with E-state index in [2.05, 4.69) is 10.1 Å². The molecule has 0 radical (unpaired) electrons. The number of hydrogen-bond donors (Lipinski definition) is 1. The number of carboxylic acids is 1. The van der Waals surface area contributed by atoms with Crippen LogP contribution in [0.25, 0.3) is 10.2 Å². The third-order valence-electron chi connectivity index (χ3n) is 9.86. The first-order chi connectivity index (χ1) is 20.2. The highest BCUT2D eigenvalue weighted by Crippen LogP contribution is 2.50. The highest BCUT2D eigenvalue weighted by atomic mass is 32.1. The zero-order valence-electron chi connectivity index (χ0n) is 23.4. The zero-order chi connectivity index (χ0) is 29.0. The molecule has 11 heteroatoms. The molecule has 226 valence electrons. The van der Waals surface area contributed by atoms with Gasteiger partial charge in [-0.25, -0.2) is 9.78 Å². The van der Waals surface area contributed by atoms with Gasteiger partial charge < -0.3 is 19.3 Å². The summed E-state index contributed by atoms with van der Waals surface area (Å²) in [5, 5.41) is 14.6. The first kappa shape index (κ1) is 28.1. The summed E-state index contributed by atoms with van der Waals surface area (Å²) in [6.07, 6.45) is 4.65. The lowest BCUT2D eigenvalue weighted by Gasteiger charge is -2.38. The Morgan fingerprint density at radius 1 is 1.10 bits per heavy atom. The molecule has 1 aromatic carbocycles. The van der Waals surface area contributed by atoms with Crippen molar-refractivity contribution in [3.05, 3.63) is 40.8 Å². The second kappa shape index (κ2) is 11.1. The van der Waals surface area contributed by atoms with Gasteiger partial charge >= 0.3 is 12.1 Å². The first-order valence-corrected chi connectivity index (χ1v) is 16.1. The molecule has 1 N–H and O–H groups in total. The predicted octanol–water partition coefficient (Wildman–Crippen LogP) is 8.05. The SMILES string of the molecule is O=C(O)c1ccc2nc(N3CCCC4CC(OCc5c(C6CCCCC6C(F)(F)F)noc5C5CC5)CC3C4)sc2c1. The minimum Gasteiger partial charge on any atom is -0.478 e. The molecule has 2 bridgehead atoms. The predicted molar refractivity (Wildman–Crippen MR) is 152 cm³/mol. The third-order valence-corrected chi connectivity index (χ3v) is 10.9. The molecule has 0 amide bonds. The topological polar surface area (TPSA) is 88.7 Å². The van der Waals surface area contributed by atoms with Crippen LogP contribution in [0, 0.1) is 11.8 Å². The van der Waals surface area contributed by atoms with Crippen molar-refractivity contribution in [2.24, 2.45) is 11.8 Å². The molecule has 7 rings (SSSR count). The highest BCUT2D eigenvalue weighted by Gasteiger charge is 2.48. The largest absolute Gasteiger partial charge is 0.478 e. The Morgan fingerprint density at radius 2 is 1.93 bits per heavy atom. The Morgan fingerprint density at radius 3 is 2.71 bits per heavy atom. The van der Waals surface area contributed by atoms with Crippen molar-refractivity contribution in [1.82, 2.24) is 10.1 Å². The van der Waals surface area contributed by atoms with Crippen molar-refractivity contribution in [2.75, 3.05) is 11.4 Å². The molecule has 5 atom stereocenters. The maximum Gasteiger partial charge on any atom is 0.392 e. The van der Waals surface area contributed by atoms with Crippen LogP contribution < -0.4 is 4.90 Å². The first-order valence-electron chi connectivity index (χ1n) is 15.3. The number of thiazole rings is 1. The second-order valence-corrected chi connectivity index (χ2v) is 13.7. The summed E-state index contributed by atoms with van der Waals surface area (Å²) >= 11 is 1.53. The van der Waals surface area contributed by atoms with Crippen LogP contribution in [-0.4, -0.2) is 46.1 Å². The molecule has 3 aliphatic carbocycles. The summed E-state index contributed by atoms with van der Waals surface area (Å²) in [5.74, 6) is -1.50. The zero-order valence-corrected chi connectivity index (χ0v) is 24.3. The normalized spacial score (nSPS) is 28.6. The molecule has 1 saturated heterocycles. The van der Waals surface area contributed by atoms with Crippen LogP contribution in [-0.2, 0) is 11.3 Å². The monoisotopic (exact) mass is 603 g/mol. The van der Waals surface area contributed by atoms with Gasteiger partial charge in [0.2, 0.25) is 0 Å². The van der Waals surface area contributed by atoms with Crippen LogP contribution in [0.1, 0.15) is 110 Å². The summed E-state index contributed by atoms with van der Waals surface area (Å²) in [7, 11) is 0. The van der Waals surface area contributed by atoms with Crippen LogP contribution >= 0.6 is 11.3 Å². The van der Waals surface area contributed by atoms with E-state index in [1.54, 1.807) is 18.2 Å². The number of aromatic nitrogens is 2. The standard InChI is InChI=1S/C31H36F3N3O4S/c32-31(33,34)24-6-2-1-5-22(24)27-23(28(41-36-27)18-7-8-18)16-40-21-13-17-4-3-11-37(20(12-17)15-21)30-35-25-10-9-19(29(38)39)14-26(25)42-30/h9-10,14,17-18,20-22,24H,1-8,11-13,15-16H2,(H,38,39). The van der Waals surface area contributed by atoms with Crippen molar-refractivity contribution in [3.63, 3.8) is 0 Å². The molecular weight excluding hydrogens is 567 g/mol. The van der Waals surface area contributed by atoms with Crippen LogP contribution in [0.2, 0.25) is 0 Å². The van der Waals surface area contributed by atoms with Gasteiger partial charge in [0.05, 0.1) is 40.1 Å². The lowest BCUT2D eigenvalue weighted by atomic mass is 9.76. The molecule has 2 aromatic heterocycles. The number of aromatic carboxylic acids is 1. The van der Waals surface area contributed by atoms with Crippen LogP contribution in [0.4, 0.5) is 18.3 Å². The number of anilines is 1. The van der Waals surface area contributed by atoms with E-state index in [1.807, 2.05) is 0 Å². The number of carboxylic acid groups (broad SMARTS) is 1. The molecule has 1 aliphatic heterocycles. The number of ether oxygens (including phenoxy) is 1. The average molecular weight is 604 g/mol. The van der Waals surface area contributed by atoms with Crippen molar-refractivity contribution in [3.8, 4) is 0 Å². The van der Waals surface area contributed by atoms with E-state index in [1.165, 1.54) is 11.3 Å². The highest BCUT2D eigenvalue weighted by molar-refractivity contribution is 7.22. The van der Waals surface area contributed by atoms with Gasteiger partial charge in [-0.1, -0.05) is 29.3 Å². The van der Waals surface area contributed by atoms with Crippen molar-refractivity contribution in [1.29, 1.82) is 0 Å². The number of carbonyl (C=O) groups is 1. The molecule has 0 spiro atoms. The minimum absolute atomic E-state index is 0.0121. The number of hydrogen-bond acceptors (Lipinski definition) is 7. The lowest BCUT2D eigenvalue weighted by Crippen LogP contribution is -2.42. The number of halogens is 3. The van der Waals surface area contributed by atoms with Gasteiger partial charge in [-0.3, -0.25) is 0 Å². The smallest absolute Gasteiger partial charge is 0.392 e. The van der Waals surface area contributed by atoms with Crippen molar-refractivity contribution in [2.45, 2.75) is 107 Å². The third kappa shape index (κ3) is 5.54. The van der Waals surface area contributed by atoms with E-state index < -0.39 is 24.0 Å². The summed E-state index contributed by atoms with van der Waals surface area (Å²) in [6.45, 7) is 1.14. The average Bonchev–Trinajstić information content (AvgIpc) is 3.62. The Hall–Kier alpha value is -2.66. The van der Waals surface area contributed by atoms with E-state index in [-0.39, 0.29) is 36.7 Å². The van der Waals surface area contributed by atoms with Gasteiger partial charge in [0, 0.05) is 30.0 Å². The lowest BCUT2D eigenvalue weighted by molar-refractivity contribution is -0.187. The number of benzene rings is 1. The van der Waals surface area contributed by atoms with Gasteiger partial charge in [-0.2, -0.15) is 13.2 Å². The molecular formula is C31H36F3N3O4S. The Balaban J connectivity index is 1.10. The van der Waals surface area contributed by atoms with Crippen molar-refractivity contribution >= 4 is 32.7 Å². The van der Waals surface area contributed by atoms with Crippen LogP contribution in [0.15, 0.2) is 22.7 Å². The van der Waals surface area contributed by atoms with Gasteiger partial charge in [0.1, 0.15) is 5.76 Å². The molecule has 5 unspecified atom stereocenters. The fraction of sp³-hybridized carbons (Fsp3) is 0.645. The fourth-order valence-corrected chi connectivity index (χ4v) is 8.72. The maximum atomic E-state index is 14.0. The van der Waals surface area contributed by atoms with Crippen molar-refractivity contribution < 1.29 is 32.3 Å². The van der Waals surface area contributed by atoms with E-state index in [9.17, 15) is 23.1 Å². The summed E-state index contributed by atoms with van der Waals surface area (Å²) < 4.78 is 55.2. The second-order valence-electron chi connectivity index (χ2n) is 12.7. The molecule has 42 heavy (non-hydrogen) atoms. The van der Waals surface area contributed by atoms with Gasteiger partial charge in [-0.05, 0) is 81.9 Å². The molecule has 4 fully saturated rings. The van der Waals surface area contributed by atoms with Crippen LogP contribution in [0.3, 0.4) is 0 Å². The Kier molecular flexibility index (Phi) is 7.45. The van der Waals surface area contributed by atoms with Gasteiger partial charge in [0.25, 0.3) is 0 Å². The minimum atomic E-state index is -4.25. The number of alkyl halides is 3. The number of fused-ring (bicyclic) bond motifs is 3.